The SMILES string of the molecule is Cc1cccc(C(=O)NC(C(=O)NCCN2CCNCC2)C(C)C)c1.Cl. The fourth-order valence-electron chi connectivity index (χ4n) is 2.93. The average molecular weight is 383 g/mol. The zero-order chi connectivity index (χ0) is 18.2. The standard InChI is InChI=1S/C19H30N4O2.ClH/c1-14(2)17(22-18(24)16-6-4-5-15(3)13-16)19(25)21-9-12-23-10-7-20-8-11-23;/h4-6,13-14,17,20H,7-12H2,1-3H3,(H,21,25)(H,22,24);1H. The summed E-state index contributed by atoms with van der Waals surface area (Å²) in [6, 6.07) is 6.86. The van der Waals surface area contributed by atoms with Crippen LogP contribution in [0.3, 0.4) is 0 Å². The Balaban J connectivity index is 0.00000338. The maximum absolute atomic E-state index is 12.5. The molecule has 1 atom stereocenters. The van der Waals surface area contributed by atoms with E-state index in [2.05, 4.69) is 20.9 Å². The average Bonchev–Trinajstić information content (AvgIpc) is 2.60. The number of halogens is 1. The van der Waals surface area contributed by atoms with Gasteiger partial charge in [-0.15, -0.1) is 12.4 Å². The maximum Gasteiger partial charge on any atom is 0.251 e. The molecule has 0 radical (unpaired) electrons. The lowest BCUT2D eigenvalue weighted by molar-refractivity contribution is -0.124. The Hall–Kier alpha value is -1.63. The van der Waals surface area contributed by atoms with Crippen molar-refractivity contribution in [3.63, 3.8) is 0 Å². The highest BCUT2D eigenvalue weighted by Gasteiger charge is 2.24. The summed E-state index contributed by atoms with van der Waals surface area (Å²) in [5.74, 6) is -0.307. The van der Waals surface area contributed by atoms with Gasteiger partial charge in [-0.1, -0.05) is 31.5 Å². The second-order valence-corrected chi connectivity index (χ2v) is 6.95. The van der Waals surface area contributed by atoms with Gasteiger partial charge in [0.2, 0.25) is 5.91 Å². The predicted octanol–water partition coefficient (Wildman–Crippen LogP) is 1.19. The number of nitrogens with zero attached hydrogens (tertiary/aromatic N) is 1. The molecule has 2 amide bonds. The Labute approximate surface area is 162 Å². The van der Waals surface area contributed by atoms with Crippen molar-refractivity contribution in [3.05, 3.63) is 35.4 Å². The second-order valence-electron chi connectivity index (χ2n) is 6.95. The van der Waals surface area contributed by atoms with Gasteiger partial charge >= 0.3 is 0 Å². The van der Waals surface area contributed by atoms with E-state index in [1.807, 2.05) is 39.0 Å². The van der Waals surface area contributed by atoms with Gasteiger partial charge < -0.3 is 16.0 Å². The summed E-state index contributed by atoms with van der Waals surface area (Å²) in [4.78, 5) is 27.3. The van der Waals surface area contributed by atoms with Gasteiger partial charge in [0.25, 0.3) is 5.91 Å². The molecule has 0 spiro atoms. The molecule has 2 rings (SSSR count). The smallest absolute Gasteiger partial charge is 0.251 e. The molecule has 0 aliphatic carbocycles. The first-order chi connectivity index (χ1) is 12.0. The molecular formula is C19H31ClN4O2. The number of aryl methyl sites for hydroxylation is 1. The van der Waals surface area contributed by atoms with E-state index in [1.54, 1.807) is 6.07 Å². The van der Waals surface area contributed by atoms with E-state index in [1.165, 1.54) is 0 Å². The van der Waals surface area contributed by atoms with Gasteiger partial charge in [-0.25, -0.2) is 0 Å². The molecular weight excluding hydrogens is 352 g/mol. The number of amides is 2. The lowest BCUT2D eigenvalue weighted by Gasteiger charge is -2.28. The first-order valence-corrected chi connectivity index (χ1v) is 9.05. The summed E-state index contributed by atoms with van der Waals surface area (Å²) < 4.78 is 0. The maximum atomic E-state index is 12.5. The van der Waals surface area contributed by atoms with Crippen molar-refractivity contribution < 1.29 is 9.59 Å². The quantitative estimate of drug-likeness (QED) is 0.662. The van der Waals surface area contributed by atoms with Crippen molar-refractivity contribution >= 4 is 24.2 Å². The minimum atomic E-state index is -0.531. The minimum Gasteiger partial charge on any atom is -0.353 e. The number of piperazine rings is 1. The highest BCUT2D eigenvalue weighted by molar-refractivity contribution is 5.97. The van der Waals surface area contributed by atoms with Crippen LogP contribution in [0.2, 0.25) is 0 Å². The van der Waals surface area contributed by atoms with Crippen LogP contribution in [0.15, 0.2) is 24.3 Å². The summed E-state index contributed by atoms with van der Waals surface area (Å²) >= 11 is 0. The molecule has 0 aromatic heterocycles. The van der Waals surface area contributed by atoms with Crippen LogP contribution in [0, 0.1) is 12.8 Å². The van der Waals surface area contributed by atoms with E-state index in [0.717, 1.165) is 38.3 Å². The van der Waals surface area contributed by atoms with Crippen molar-refractivity contribution in [1.29, 1.82) is 0 Å². The fourth-order valence-corrected chi connectivity index (χ4v) is 2.93. The zero-order valence-corrected chi connectivity index (χ0v) is 16.7. The largest absolute Gasteiger partial charge is 0.353 e. The van der Waals surface area contributed by atoms with Crippen molar-refractivity contribution in [2.24, 2.45) is 5.92 Å². The number of hydrogen-bond donors (Lipinski definition) is 3. The van der Waals surface area contributed by atoms with Crippen LogP contribution in [-0.4, -0.2) is 62.0 Å². The predicted molar refractivity (Wildman–Crippen MR) is 107 cm³/mol. The molecule has 3 N–H and O–H groups in total. The van der Waals surface area contributed by atoms with Gasteiger partial charge in [0.05, 0.1) is 0 Å². The summed E-state index contributed by atoms with van der Waals surface area (Å²) in [6.45, 7) is 11.3. The van der Waals surface area contributed by atoms with Crippen LogP contribution in [0.1, 0.15) is 29.8 Å². The van der Waals surface area contributed by atoms with E-state index in [-0.39, 0.29) is 30.1 Å². The monoisotopic (exact) mass is 382 g/mol. The molecule has 1 aromatic carbocycles. The molecule has 1 saturated heterocycles. The van der Waals surface area contributed by atoms with Gasteiger partial charge in [0.1, 0.15) is 6.04 Å². The first-order valence-electron chi connectivity index (χ1n) is 9.05. The van der Waals surface area contributed by atoms with Crippen LogP contribution in [0.25, 0.3) is 0 Å². The van der Waals surface area contributed by atoms with E-state index in [0.29, 0.717) is 12.1 Å². The zero-order valence-electron chi connectivity index (χ0n) is 15.9. The van der Waals surface area contributed by atoms with E-state index in [9.17, 15) is 9.59 Å². The van der Waals surface area contributed by atoms with Crippen LogP contribution in [0.5, 0.6) is 0 Å². The highest BCUT2D eigenvalue weighted by Crippen LogP contribution is 2.07. The van der Waals surface area contributed by atoms with Crippen LogP contribution in [-0.2, 0) is 4.79 Å². The van der Waals surface area contributed by atoms with E-state index >= 15 is 0 Å². The molecule has 0 saturated carbocycles. The fraction of sp³-hybridized carbons (Fsp3) is 0.579. The van der Waals surface area contributed by atoms with Gasteiger partial charge in [0.15, 0.2) is 0 Å². The Morgan fingerprint density at radius 1 is 1.23 bits per heavy atom. The molecule has 146 valence electrons. The molecule has 1 unspecified atom stereocenters. The number of carbonyl (C=O) groups is 2. The van der Waals surface area contributed by atoms with Gasteiger partial charge in [0, 0.05) is 44.8 Å². The highest BCUT2D eigenvalue weighted by atomic mass is 35.5. The molecule has 0 bridgehead atoms. The molecule has 7 heteroatoms. The molecule has 1 aliphatic rings. The van der Waals surface area contributed by atoms with Crippen LogP contribution >= 0.6 is 12.4 Å². The molecule has 1 aliphatic heterocycles. The van der Waals surface area contributed by atoms with E-state index in [4.69, 9.17) is 0 Å². The second kappa shape index (κ2) is 11.2. The Bertz CT molecular complexity index is 589. The normalized spacial score (nSPS) is 15.8. The van der Waals surface area contributed by atoms with Crippen LogP contribution < -0.4 is 16.0 Å². The van der Waals surface area contributed by atoms with Crippen molar-refractivity contribution in [3.8, 4) is 0 Å². The van der Waals surface area contributed by atoms with Crippen molar-refractivity contribution in [2.75, 3.05) is 39.3 Å². The number of rotatable bonds is 7. The van der Waals surface area contributed by atoms with E-state index < -0.39 is 6.04 Å². The Morgan fingerprint density at radius 2 is 1.92 bits per heavy atom. The van der Waals surface area contributed by atoms with Crippen molar-refractivity contribution in [1.82, 2.24) is 20.9 Å². The van der Waals surface area contributed by atoms with Gasteiger partial charge in [-0.05, 0) is 25.0 Å². The topological polar surface area (TPSA) is 73.5 Å². The number of benzene rings is 1. The molecule has 1 heterocycles. The molecule has 1 aromatic rings. The number of nitrogens with one attached hydrogen (secondary N) is 3. The van der Waals surface area contributed by atoms with Gasteiger partial charge in [-0.2, -0.15) is 0 Å². The summed E-state index contributed by atoms with van der Waals surface area (Å²) in [6.07, 6.45) is 0. The summed E-state index contributed by atoms with van der Waals surface area (Å²) in [5.41, 5.74) is 1.61. The third kappa shape index (κ3) is 6.94. The molecule has 26 heavy (non-hydrogen) atoms. The molecule has 6 nitrogen and oxygen atoms in total. The van der Waals surface area contributed by atoms with Gasteiger partial charge in [-0.3, -0.25) is 14.5 Å². The Kier molecular flexibility index (Phi) is 9.62. The lowest BCUT2D eigenvalue weighted by atomic mass is 10.0. The number of hydrogen-bond acceptors (Lipinski definition) is 4. The van der Waals surface area contributed by atoms with Crippen molar-refractivity contribution in [2.45, 2.75) is 26.8 Å². The third-order valence-electron chi connectivity index (χ3n) is 4.45. The number of carbonyl (C=O) groups excluding carboxylic acids is 2. The Morgan fingerprint density at radius 3 is 2.54 bits per heavy atom. The summed E-state index contributed by atoms with van der Waals surface area (Å²) in [7, 11) is 0. The first kappa shape index (κ1) is 22.4. The lowest BCUT2D eigenvalue weighted by Crippen LogP contribution is -2.52. The van der Waals surface area contributed by atoms with Crippen LogP contribution in [0.4, 0.5) is 0 Å². The molecule has 1 fully saturated rings. The minimum absolute atomic E-state index is 0. The summed E-state index contributed by atoms with van der Waals surface area (Å²) in [5, 5.41) is 9.15. The third-order valence-corrected chi connectivity index (χ3v) is 4.45.